The predicted octanol–water partition coefficient (Wildman–Crippen LogP) is 4.59. The SMILES string of the molecule is COc1cc(C(N)c2cc(C)cc(Br)c2)c(OC)cc1Br. The molecule has 0 heterocycles. The summed E-state index contributed by atoms with van der Waals surface area (Å²) in [5.41, 5.74) is 9.49. The number of rotatable bonds is 4. The normalized spacial score (nSPS) is 12.1. The van der Waals surface area contributed by atoms with Gasteiger partial charge in [-0.3, -0.25) is 0 Å². The highest BCUT2D eigenvalue weighted by molar-refractivity contribution is 9.10. The van der Waals surface area contributed by atoms with Crippen molar-refractivity contribution in [2.45, 2.75) is 13.0 Å². The third kappa shape index (κ3) is 3.59. The minimum absolute atomic E-state index is 0.293. The fourth-order valence-electron chi connectivity index (χ4n) is 2.25. The Hall–Kier alpha value is -1.04. The van der Waals surface area contributed by atoms with Crippen LogP contribution in [0.2, 0.25) is 0 Å². The van der Waals surface area contributed by atoms with E-state index >= 15 is 0 Å². The Morgan fingerprint density at radius 2 is 1.62 bits per heavy atom. The van der Waals surface area contributed by atoms with E-state index in [4.69, 9.17) is 15.2 Å². The molecule has 3 nitrogen and oxygen atoms in total. The summed E-state index contributed by atoms with van der Waals surface area (Å²) in [5.74, 6) is 1.46. The van der Waals surface area contributed by atoms with Crippen molar-refractivity contribution >= 4 is 31.9 Å². The molecule has 0 saturated heterocycles. The summed E-state index contributed by atoms with van der Waals surface area (Å²) >= 11 is 6.97. The van der Waals surface area contributed by atoms with E-state index < -0.39 is 0 Å². The number of hydrogen-bond donors (Lipinski definition) is 1. The Morgan fingerprint density at radius 1 is 0.952 bits per heavy atom. The highest BCUT2D eigenvalue weighted by Gasteiger charge is 2.18. The van der Waals surface area contributed by atoms with E-state index in [1.54, 1.807) is 14.2 Å². The van der Waals surface area contributed by atoms with Gasteiger partial charge in [0.1, 0.15) is 11.5 Å². The third-order valence-electron chi connectivity index (χ3n) is 3.26. The molecule has 0 aliphatic rings. The molecule has 2 N–H and O–H groups in total. The minimum Gasteiger partial charge on any atom is -0.496 e. The molecule has 0 amide bonds. The minimum atomic E-state index is -0.293. The van der Waals surface area contributed by atoms with Crippen LogP contribution in [0.15, 0.2) is 39.3 Å². The van der Waals surface area contributed by atoms with E-state index in [1.165, 1.54) is 0 Å². The second kappa shape index (κ2) is 6.81. The molecule has 21 heavy (non-hydrogen) atoms. The molecule has 5 heteroatoms. The maximum atomic E-state index is 6.43. The van der Waals surface area contributed by atoms with Crippen molar-refractivity contribution in [3.63, 3.8) is 0 Å². The highest BCUT2D eigenvalue weighted by Crippen LogP contribution is 2.37. The first-order valence-electron chi connectivity index (χ1n) is 6.40. The third-order valence-corrected chi connectivity index (χ3v) is 4.34. The van der Waals surface area contributed by atoms with Crippen LogP contribution in [0.5, 0.6) is 11.5 Å². The van der Waals surface area contributed by atoms with E-state index in [0.717, 1.165) is 37.1 Å². The average molecular weight is 415 g/mol. The number of benzene rings is 2. The molecule has 1 unspecified atom stereocenters. The lowest BCUT2D eigenvalue weighted by Gasteiger charge is -2.19. The van der Waals surface area contributed by atoms with Gasteiger partial charge in [-0.2, -0.15) is 0 Å². The molecule has 0 aromatic heterocycles. The largest absolute Gasteiger partial charge is 0.496 e. The molecule has 2 aromatic carbocycles. The zero-order chi connectivity index (χ0) is 15.6. The Balaban J connectivity index is 2.53. The average Bonchev–Trinajstić information content (AvgIpc) is 2.45. The molecule has 112 valence electrons. The van der Waals surface area contributed by atoms with Crippen molar-refractivity contribution < 1.29 is 9.47 Å². The molecule has 0 spiro atoms. The molecule has 1 atom stereocenters. The first kappa shape index (κ1) is 16.3. The first-order chi connectivity index (χ1) is 9.96. The molecule has 0 radical (unpaired) electrons. The van der Waals surface area contributed by atoms with Gasteiger partial charge in [-0.15, -0.1) is 0 Å². The van der Waals surface area contributed by atoms with Crippen molar-refractivity contribution in [1.82, 2.24) is 0 Å². The zero-order valence-corrected chi connectivity index (χ0v) is 15.3. The van der Waals surface area contributed by atoms with E-state index in [-0.39, 0.29) is 6.04 Å². The van der Waals surface area contributed by atoms with Gasteiger partial charge >= 0.3 is 0 Å². The standard InChI is InChI=1S/C16H17Br2NO2/c1-9-4-10(6-11(17)5-9)16(19)12-7-15(21-3)13(18)8-14(12)20-2/h4-8,16H,19H2,1-3H3. The Morgan fingerprint density at radius 3 is 2.19 bits per heavy atom. The van der Waals surface area contributed by atoms with Crippen LogP contribution in [0, 0.1) is 6.92 Å². The first-order valence-corrected chi connectivity index (χ1v) is 7.99. The Kier molecular flexibility index (Phi) is 5.30. The van der Waals surface area contributed by atoms with Gasteiger partial charge in [-0.1, -0.05) is 22.0 Å². The summed E-state index contributed by atoms with van der Waals surface area (Å²) < 4.78 is 12.6. The van der Waals surface area contributed by atoms with Gasteiger partial charge in [0.25, 0.3) is 0 Å². The smallest absolute Gasteiger partial charge is 0.133 e. The number of aryl methyl sites for hydroxylation is 1. The van der Waals surface area contributed by atoms with Gasteiger partial charge in [0.2, 0.25) is 0 Å². The van der Waals surface area contributed by atoms with Crippen molar-refractivity contribution in [3.8, 4) is 11.5 Å². The van der Waals surface area contributed by atoms with Crippen LogP contribution in [-0.4, -0.2) is 14.2 Å². The molecule has 0 bridgehead atoms. The van der Waals surface area contributed by atoms with E-state index in [0.29, 0.717) is 0 Å². The van der Waals surface area contributed by atoms with Gasteiger partial charge in [-0.25, -0.2) is 0 Å². The Bertz CT molecular complexity index is 639. The summed E-state index contributed by atoms with van der Waals surface area (Å²) in [6.07, 6.45) is 0. The lowest BCUT2D eigenvalue weighted by molar-refractivity contribution is 0.395. The Labute approximate surface area is 141 Å². The van der Waals surface area contributed by atoms with E-state index in [9.17, 15) is 0 Å². The lowest BCUT2D eigenvalue weighted by Crippen LogP contribution is -2.13. The summed E-state index contributed by atoms with van der Waals surface area (Å²) in [6.45, 7) is 2.04. The summed E-state index contributed by atoms with van der Waals surface area (Å²) in [4.78, 5) is 0. The molecular weight excluding hydrogens is 398 g/mol. The molecule has 2 rings (SSSR count). The predicted molar refractivity (Wildman–Crippen MR) is 92.2 cm³/mol. The molecule has 0 aliphatic heterocycles. The monoisotopic (exact) mass is 413 g/mol. The van der Waals surface area contributed by atoms with Crippen molar-refractivity contribution in [3.05, 3.63) is 56.0 Å². The number of halogens is 2. The van der Waals surface area contributed by atoms with E-state index in [1.807, 2.05) is 25.1 Å². The van der Waals surface area contributed by atoms with Crippen LogP contribution in [0.3, 0.4) is 0 Å². The van der Waals surface area contributed by atoms with Gasteiger partial charge in [0, 0.05) is 10.0 Å². The van der Waals surface area contributed by atoms with Crippen LogP contribution in [0.4, 0.5) is 0 Å². The van der Waals surface area contributed by atoms with Gasteiger partial charge in [0.05, 0.1) is 24.7 Å². The summed E-state index contributed by atoms with van der Waals surface area (Å²) in [5, 5.41) is 0. The van der Waals surface area contributed by atoms with Crippen LogP contribution in [-0.2, 0) is 0 Å². The number of hydrogen-bond acceptors (Lipinski definition) is 3. The summed E-state index contributed by atoms with van der Waals surface area (Å²) in [7, 11) is 3.27. The second-order valence-electron chi connectivity index (χ2n) is 4.77. The number of nitrogens with two attached hydrogens (primary N) is 1. The van der Waals surface area contributed by atoms with Gasteiger partial charge in [-0.05, 0) is 58.2 Å². The quantitative estimate of drug-likeness (QED) is 0.795. The highest BCUT2D eigenvalue weighted by atomic mass is 79.9. The topological polar surface area (TPSA) is 44.5 Å². The lowest BCUT2D eigenvalue weighted by atomic mass is 9.97. The van der Waals surface area contributed by atoms with Crippen molar-refractivity contribution in [2.75, 3.05) is 14.2 Å². The van der Waals surface area contributed by atoms with Crippen LogP contribution in [0.25, 0.3) is 0 Å². The maximum absolute atomic E-state index is 6.43. The number of ether oxygens (including phenoxy) is 2. The fraction of sp³-hybridized carbons (Fsp3) is 0.250. The van der Waals surface area contributed by atoms with Crippen LogP contribution >= 0.6 is 31.9 Å². The molecule has 0 aliphatic carbocycles. The second-order valence-corrected chi connectivity index (χ2v) is 6.54. The van der Waals surface area contributed by atoms with Crippen molar-refractivity contribution in [2.24, 2.45) is 5.73 Å². The van der Waals surface area contributed by atoms with Gasteiger partial charge < -0.3 is 15.2 Å². The summed E-state index contributed by atoms with van der Waals surface area (Å²) in [6, 6.07) is 9.63. The van der Waals surface area contributed by atoms with E-state index in [2.05, 4.69) is 44.0 Å². The fourth-order valence-corrected chi connectivity index (χ4v) is 3.36. The molecule has 0 fully saturated rings. The van der Waals surface area contributed by atoms with Crippen LogP contribution < -0.4 is 15.2 Å². The molecule has 0 saturated carbocycles. The zero-order valence-electron chi connectivity index (χ0n) is 12.1. The van der Waals surface area contributed by atoms with Crippen molar-refractivity contribution in [1.29, 1.82) is 0 Å². The molecule has 2 aromatic rings. The number of methoxy groups -OCH3 is 2. The molecular formula is C16H17Br2NO2. The van der Waals surface area contributed by atoms with Crippen LogP contribution in [0.1, 0.15) is 22.7 Å². The van der Waals surface area contributed by atoms with Gasteiger partial charge in [0.15, 0.2) is 0 Å². The maximum Gasteiger partial charge on any atom is 0.133 e.